The number of hydrogen-bond donors (Lipinski definition) is 2. The minimum absolute atomic E-state index is 0.266. The van der Waals surface area contributed by atoms with Gasteiger partial charge >= 0.3 is 0 Å². The smallest absolute Gasteiger partial charge is 0.0589 e. The van der Waals surface area contributed by atoms with E-state index in [2.05, 4.69) is 36.1 Å². The van der Waals surface area contributed by atoms with Crippen LogP contribution in [0.5, 0.6) is 0 Å². The van der Waals surface area contributed by atoms with E-state index in [9.17, 15) is 5.11 Å². The van der Waals surface area contributed by atoms with E-state index in [0.29, 0.717) is 18.5 Å². The minimum atomic E-state index is 0.266. The lowest BCUT2D eigenvalue weighted by molar-refractivity contribution is 0.134. The van der Waals surface area contributed by atoms with Crippen LogP contribution in [0, 0.1) is 5.92 Å². The van der Waals surface area contributed by atoms with Gasteiger partial charge in [0, 0.05) is 19.1 Å². The Bertz CT molecular complexity index is 350. The fraction of sp³-hybridized carbons (Fsp3) is 0.571. The number of rotatable bonds is 4. The summed E-state index contributed by atoms with van der Waals surface area (Å²) in [5.41, 5.74) is 8.05. The molecular weight excluding hydrogens is 212 g/mol. The summed E-state index contributed by atoms with van der Waals surface area (Å²) in [6.45, 7) is 5.10. The summed E-state index contributed by atoms with van der Waals surface area (Å²) in [6, 6.07) is 8.77. The first-order valence-corrected chi connectivity index (χ1v) is 6.37. The average molecular weight is 234 g/mol. The van der Waals surface area contributed by atoms with Crippen molar-refractivity contribution < 1.29 is 5.11 Å². The first-order valence-electron chi connectivity index (χ1n) is 6.37. The highest BCUT2D eigenvalue weighted by Gasteiger charge is 2.30. The molecule has 1 aliphatic heterocycles. The summed E-state index contributed by atoms with van der Waals surface area (Å²) in [5.74, 6) is 0.600. The van der Waals surface area contributed by atoms with Crippen LogP contribution >= 0.6 is 0 Å². The molecule has 0 aromatic heterocycles. The predicted molar refractivity (Wildman–Crippen MR) is 69.4 cm³/mol. The summed E-state index contributed by atoms with van der Waals surface area (Å²) in [7, 11) is 0. The Morgan fingerprint density at radius 1 is 1.29 bits per heavy atom. The Hall–Kier alpha value is -0.900. The fourth-order valence-corrected chi connectivity index (χ4v) is 2.59. The molecule has 2 rings (SSSR count). The van der Waals surface area contributed by atoms with E-state index in [1.165, 1.54) is 17.5 Å². The van der Waals surface area contributed by atoms with Crippen molar-refractivity contribution in [1.82, 2.24) is 4.90 Å². The zero-order valence-corrected chi connectivity index (χ0v) is 10.5. The molecule has 1 aromatic rings. The number of nitrogens with two attached hydrogens (primary N) is 1. The van der Waals surface area contributed by atoms with E-state index in [1.54, 1.807) is 0 Å². The molecule has 0 radical (unpaired) electrons. The number of aliphatic hydroxyl groups excluding tert-OH is 1. The van der Waals surface area contributed by atoms with E-state index < -0.39 is 0 Å². The highest BCUT2D eigenvalue weighted by Crippen LogP contribution is 2.25. The molecule has 1 aromatic carbocycles. The van der Waals surface area contributed by atoms with Crippen molar-refractivity contribution >= 4 is 0 Å². The summed E-state index contributed by atoms with van der Waals surface area (Å²) in [6.07, 6.45) is 1.19. The molecule has 3 N–H and O–H groups in total. The van der Waals surface area contributed by atoms with Gasteiger partial charge in [0.2, 0.25) is 0 Å². The first kappa shape index (κ1) is 12.6. The third-order valence-corrected chi connectivity index (χ3v) is 3.83. The second-order valence-electron chi connectivity index (χ2n) is 5.01. The predicted octanol–water partition coefficient (Wildman–Crippen LogP) is 1.35. The number of hydrogen-bond acceptors (Lipinski definition) is 3. The summed E-state index contributed by atoms with van der Waals surface area (Å²) < 4.78 is 0. The highest BCUT2D eigenvalue weighted by molar-refractivity contribution is 5.22. The maximum absolute atomic E-state index is 9.41. The van der Waals surface area contributed by atoms with E-state index in [0.717, 1.165) is 13.1 Å². The van der Waals surface area contributed by atoms with Crippen LogP contribution in [0.1, 0.15) is 24.5 Å². The molecule has 0 amide bonds. The quantitative estimate of drug-likeness (QED) is 0.826. The van der Waals surface area contributed by atoms with Gasteiger partial charge in [-0.1, -0.05) is 31.2 Å². The van der Waals surface area contributed by atoms with Crippen LogP contribution in [0.2, 0.25) is 0 Å². The second kappa shape index (κ2) is 5.63. The van der Waals surface area contributed by atoms with E-state index in [1.807, 2.05) is 0 Å². The minimum Gasteiger partial charge on any atom is -0.395 e. The van der Waals surface area contributed by atoms with Crippen LogP contribution in [-0.4, -0.2) is 29.2 Å². The first-order chi connectivity index (χ1) is 8.24. The Kier molecular flexibility index (Phi) is 4.15. The van der Waals surface area contributed by atoms with Crippen LogP contribution in [0.4, 0.5) is 0 Å². The fourth-order valence-electron chi connectivity index (χ4n) is 2.59. The van der Waals surface area contributed by atoms with Gasteiger partial charge in [0.15, 0.2) is 0 Å². The Morgan fingerprint density at radius 3 is 2.53 bits per heavy atom. The van der Waals surface area contributed by atoms with Crippen molar-refractivity contribution in [3.63, 3.8) is 0 Å². The zero-order valence-electron chi connectivity index (χ0n) is 10.5. The van der Waals surface area contributed by atoms with Crippen LogP contribution in [-0.2, 0) is 13.1 Å². The molecule has 0 aliphatic carbocycles. The largest absolute Gasteiger partial charge is 0.395 e. The molecule has 3 heteroatoms. The summed E-state index contributed by atoms with van der Waals surface area (Å²) in [5, 5.41) is 9.41. The highest BCUT2D eigenvalue weighted by atomic mass is 16.3. The lowest BCUT2D eigenvalue weighted by atomic mass is 10.0. The molecule has 3 nitrogen and oxygen atoms in total. The molecule has 94 valence electrons. The van der Waals surface area contributed by atoms with E-state index in [-0.39, 0.29) is 6.61 Å². The monoisotopic (exact) mass is 234 g/mol. The topological polar surface area (TPSA) is 49.5 Å². The zero-order chi connectivity index (χ0) is 12.3. The Labute approximate surface area is 103 Å². The third-order valence-electron chi connectivity index (χ3n) is 3.83. The molecule has 1 aliphatic rings. The Balaban J connectivity index is 2.00. The number of aliphatic hydroxyl groups is 1. The van der Waals surface area contributed by atoms with Crippen molar-refractivity contribution in [1.29, 1.82) is 0 Å². The summed E-state index contributed by atoms with van der Waals surface area (Å²) in [4.78, 5) is 2.38. The third kappa shape index (κ3) is 2.86. The van der Waals surface area contributed by atoms with Gasteiger partial charge in [-0.05, 0) is 30.0 Å². The van der Waals surface area contributed by atoms with E-state index in [4.69, 9.17) is 5.73 Å². The van der Waals surface area contributed by atoms with Crippen molar-refractivity contribution in [3.8, 4) is 0 Å². The van der Waals surface area contributed by atoms with Gasteiger partial charge in [-0.25, -0.2) is 0 Å². The molecule has 1 heterocycles. The average Bonchev–Trinajstić information content (AvgIpc) is 2.71. The molecule has 0 saturated carbocycles. The number of likely N-dealkylation sites (tertiary alicyclic amines) is 1. The Morgan fingerprint density at radius 2 is 1.94 bits per heavy atom. The molecular formula is C14H22N2O. The lowest BCUT2D eigenvalue weighted by Gasteiger charge is -2.25. The maximum atomic E-state index is 9.41. The van der Waals surface area contributed by atoms with Gasteiger partial charge in [0.25, 0.3) is 0 Å². The molecule has 2 unspecified atom stereocenters. The molecule has 1 saturated heterocycles. The van der Waals surface area contributed by atoms with Crippen LogP contribution in [0.3, 0.4) is 0 Å². The lowest BCUT2D eigenvalue weighted by Crippen LogP contribution is -2.34. The normalized spacial score (nSPS) is 25.4. The van der Waals surface area contributed by atoms with Crippen LogP contribution in [0.25, 0.3) is 0 Å². The van der Waals surface area contributed by atoms with Gasteiger partial charge in [-0.2, -0.15) is 0 Å². The standard InChI is InChI=1S/C14H22N2O/c1-11-6-7-16(14(11)10-17)9-13-4-2-12(8-15)3-5-13/h2-5,11,14,17H,6-10,15H2,1H3. The maximum Gasteiger partial charge on any atom is 0.0589 e. The summed E-state index contributed by atoms with van der Waals surface area (Å²) >= 11 is 0. The van der Waals surface area contributed by atoms with Crippen molar-refractivity contribution in [2.75, 3.05) is 13.2 Å². The molecule has 0 bridgehead atoms. The van der Waals surface area contributed by atoms with Gasteiger partial charge in [0.05, 0.1) is 6.61 Å². The van der Waals surface area contributed by atoms with Gasteiger partial charge in [-0.15, -0.1) is 0 Å². The molecule has 1 fully saturated rings. The van der Waals surface area contributed by atoms with Gasteiger partial charge < -0.3 is 10.8 Å². The van der Waals surface area contributed by atoms with E-state index >= 15 is 0 Å². The molecule has 2 atom stereocenters. The SMILES string of the molecule is CC1CCN(Cc2ccc(CN)cc2)C1CO. The van der Waals surface area contributed by atoms with Crippen molar-refractivity contribution in [2.24, 2.45) is 11.7 Å². The van der Waals surface area contributed by atoms with Crippen LogP contribution in [0.15, 0.2) is 24.3 Å². The molecule has 0 spiro atoms. The van der Waals surface area contributed by atoms with Gasteiger partial charge in [-0.3, -0.25) is 4.90 Å². The van der Waals surface area contributed by atoms with Crippen LogP contribution < -0.4 is 5.73 Å². The second-order valence-corrected chi connectivity index (χ2v) is 5.01. The molecule has 17 heavy (non-hydrogen) atoms. The van der Waals surface area contributed by atoms with Crippen molar-refractivity contribution in [2.45, 2.75) is 32.5 Å². The van der Waals surface area contributed by atoms with Gasteiger partial charge in [0.1, 0.15) is 0 Å². The number of benzene rings is 1. The number of nitrogens with zero attached hydrogens (tertiary/aromatic N) is 1. The van der Waals surface area contributed by atoms with Crippen molar-refractivity contribution in [3.05, 3.63) is 35.4 Å².